The zero-order valence-electron chi connectivity index (χ0n) is 19.3. The Morgan fingerprint density at radius 3 is 2.15 bits per heavy atom. The van der Waals surface area contributed by atoms with E-state index >= 15 is 0 Å². The molecule has 0 atom stereocenters. The van der Waals surface area contributed by atoms with Crippen molar-refractivity contribution in [2.45, 2.75) is 13.8 Å². The predicted octanol–water partition coefficient (Wildman–Crippen LogP) is 3.85. The Bertz CT molecular complexity index is 1270. The minimum Gasteiger partial charge on any atom is -0.365 e. The summed E-state index contributed by atoms with van der Waals surface area (Å²) in [6.07, 6.45) is 0. The molecule has 33 heavy (non-hydrogen) atoms. The van der Waals surface area contributed by atoms with E-state index in [2.05, 4.69) is 36.0 Å². The third-order valence-electron chi connectivity index (χ3n) is 6.31. The number of aromatic nitrogens is 4. The SMILES string of the molecule is Cc1nn(-c2ccccc2)c(C)c1N1CCN(C(=O)c2cc(-c3ccccc3)nn2C)CC1. The number of para-hydroxylation sites is 1. The number of piperazine rings is 1. The van der Waals surface area contributed by atoms with Crippen LogP contribution < -0.4 is 4.90 Å². The van der Waals surface area contributed by atoms with Gasteiger partial charge in [0.2, 0.25) is 0 Å². The molecule has 1 aliphatic rings. The number of carbonyl (C=O) groups excluding carboxylic acids is 1. The number of nitrogens with zero attached hydrogens (tertiary/aromatic N) is 6. The number of rotatable bonds is 4. The summed E-state index contributed by atoms with van der Waals surface area (Å²) in [6.45, 7) is 7.05. The van der Waals surface area contributed by atoms with Gasteiger partial charge in [-0.1, -0.05) is 48.5 Å². The first-order valence-electron chi connectivity index (χ1n) is 11.3. The molecule has 0 N–H and O–H groups in total. The molecule has 0 unspecified atom stereocenters. The van der Waals surface area contributed by atoms with Gasteiger partial charge in [0.15, 0.2) is 0 Å². The molecule has 0 spiro atoms. The Kier molecular flexibility index (Phi) is 5.46. The lowest BCUT2D eigenvalue weighted by Crippen LogP contribution is -2.49. The highest BCUT2D eigenvalue weighted by molar-refractivity contribution is 5.94. The van der Waals surface area contributed by atoms with E-state index < -0.39 is 0 Å². The minimum atomic E-state index is 0.0280. The van der Waals surface area contributed by atoms with Gasteiger partial charge in [-0.25, -0.2) is 4.68 Å². The molecule has 5 rings (SSSR count). The van der Waals surface area contributed by atoms with Crippen molar-refractivity contribution < 1.29 is 4.79 Å². The first-order chi connectivity index (χ1) is 16.0. The van der Waals surface area contributed by atoms with Gasteiger partial charge in [-0.05, 0) is 32.0 Å². The van der Waals surface area contributed by atoms with E-state index in [1.54, 1.807) is 4.68 Å². The van der Waals surface area contributed by atoms with Gasteiger partial charge in [0.25, 0.3) is 5.91 Å². The average molecular weight is 441 g/mol. The van der Waals surface area contributed by atoms with Crippen molar-refractivity contribution in [1.82, 2.24) is 24.5 Å². The Balaban J connectivity index is 1.31. The highest BCUT2D eigenvalue weighted by Crippen LogP contribution is 2.28. The molecule has 168 valence electrons. The van der Waals surface area contributed by atoms with Crippen molar-refractivity contribution in [1.29, 1.82) is 0 Å². The Morgan fingerprint density at radius 1 is 0.848 bits per heavy atom. The van der Waals surface area contributed by atoms with Crippen LogP contribution >= 0.6 is 0 Å². The van der Waals surface area contributed by atoms with Crippen LogP contribution in [0.15, 0.2) is 66.7 Å². The lowest BCUT2D eigenvalue weighted by atomic mass is 10.1. The van der Waals surface area contributed by atoms with Gasteiger partial charge in [0, 0.05) is 38.8 Å². The van der Waals surface area contributed by atoms with Crippen LogP contribution in [0.1, 0.15) is 21.9 Å². The molecule has 4 aromatic rings. The number of hydrogen-bond acceptors (Lipinski definition) is 4. The fourth-order valence-electron chi connectivity index (χ4n) is 4.63. The molecule has 2 aromatic heterocycles. The Hall–Kier alpha value is -3.87. The highest BCUT2D eigenvalue weighted by atomic mass is 16.2. The summed E-state index contributed by atoms with van der Waals surface area (Å²) >= 11 is 0. The van der Waals surface area contributed by atoms with Gasteiger partial charge in [0.05, 0.1) is 28.5 Å². The standard InChI is InChI=1S/C26H28N6O/c1-19-25(20(2)32(27-19)22-12-8-5-9-13-22)30-14-16-31(17-15-30)26(33)24-18-23(28-29(24)3)21-10-6-4-7-11-21/h4-13,18H,14-17H2,1-3H3. The van der Waals surface area contributed by atoms with E-state index in [1.165, 1.54) is 0 Å². The first kappa shape index (κ1) is 21.0. The van der Waals surface area contributed by atoms with Crippen molar-refractivity contribution in [2.24, 2.45) is 7.05 Å². The number of amides is 1. The van der Waals surface area contributed by atoms with E-state index in [1.807, 2.05) is 71.2 Å². The molecule has 1 saturated heterocycles. The Labute approximate surface area is 193 Å². The van der Waals surface area contributed by atoms with Crippen molar-refractivity contribution in [3.63, 3.8) is 0 Å². The van der Waals surface area contributed by atoms with Gasteiger partial charge in [-0.2, -0.15) is 10.2 Å². The summed E-state index contributed by atoms with van der Waals surface area (Å²) < 4.78 is 3.69. The van der Waals surface area contributed by atoms with Gasteiger partial charge in [-0.15, -0.1) is 0 Å². The number of aryl methyl sites for hydroxylation is 2. The molecule has 2 aromatic carbocycles. The summed E-state index contributed by atoms with van der Waals surface area (Å²) in [5.74, 6) is 0.0280. The van der Waals surface area contributed by atoms with Crippen LogP contribution in [-0.4, -0.2) is 56.5 Å². The normalized spacial score (nSPS) is 14.0. The van der Waals surface area contributed by atoms with Crippen LogP contribution in [0.25, 0.3) is 16.9 Å². The van der Waals surface area contributed by atoms with Gasteiger partial charge >= 0.3 is 0 Å². The maximum Gasteiger partial charge on any atom is 0.272 e. The minimum absolute atomic E-state index is 0.0280. The summed E-state index contributed by atoms with van der Waals surface area (Å²) in [7, 11) is 1.83. The second kappa shape index (κ2) is 8.58. The summed E-state index contributed by atoms with van der Waals surface area (Å²) in [5, 5.41) is 9.35. The number of benzene rings is 2. The fraction of sp³-hybridized carbons (Fsp3) is 0.269. The monoisotopic (exact) mass is 440 g/mol. The van der Waals surface area contributed by atoms with Crippen molar-refractivity contribution in [3.05, 3.63) is 83.8 Å². The first-order valence-corrected chi connectivity index (χ1v) is 11.3. The van der Waals surface area contributed by atoms with E-state index in [0.717, 1.165) is 47.1 Å². The lowest BCUT2D eigenvalue weighted by molar-refractivity contribution is 0.0735. The third kappa shape index (κ3) is 3.91. The molecule has 1 aliphatic heterocycles. The van der Waals surface area contributed by atoms with Gasteiger partial charge in [-0.3, -0.25) is 9.48 Å². The van der Waals surface area contributed by atoms with E-state index in [-0.39, 0.29) is 5.91 Å². The van der Waals surface area contributed by atoms with Gasteiger partial charge < -0.3 is 9.80 Å². The second-order valence-electron chi connectivity index (χ2n) is 8.45. The number of anilines is 1. The smallest absolute Gasteiger partial charge is 0.272 e. The summed E-state index contributed by atoms with van der Waals surface area (Å²) in [4.78, 5) is 17.5. The van der Waals surface area contributed by atoms with Crippen LogP contribution in [0.3, 0.4) is 0 Å². The third-order valence-corrected chi connectivity index (χ3v) is 6.31. The molecule has 7 nitrogen and oxygen atoms in total. The molecule has 0 radical (unpaired) electrons. The number of hydrogen-bond donors (Lipinski definition) is 0. The van der Waals surface area contributed by atoms with Crippen LogP contribution in [0.4, 0.5) is 5.69 Å². The molecule has 0 aliphatic carbocycles. The van der Waals surface area contributed by atoms with Crippen LogP contribution in [0, 0.1) is 13.8 Å². The molecule has 1 fully saturated rings. The largest absolute Gasteiger partial charge is 0.365 e. The highest BCUT2D eigenvalue weighted by Gasteiger charge is 2.27. The number of carbonyl (C=O) groups is 1. The quantitative estimate of drug-likeness (QED) is 0.484. The van der Waals surface area contributed by atoms with E-state index in [0.29, 0.717) is 18.8 Å². The average Bonchev–Trinajstić information content (AvgIpc) is 3.39. The zero-order valence-corrected chi connectivity index (χ0v) is 19.3. The summed E-state index contributed by atoms with van der Waals surface area (Å²) in [6, 6.07) is 22.0. The molecular weight excluding hydrogens is 412 g/mol. The lowest BCUT2D eigenvalue weighted by Gasteiger charge is -2.36. The second-order valence-corrected chi connectivity index (χ2v) is 8.45. The van der Waals surface area contributed by atoms with Crippen LogP contribution in [0.2, 0.25) is 0 Å². The molecule has 0 saturated carbocycles. The van der Waals surface area contributed by atoms with E-state index in [4.69, 9.17) is 5.10 Å². The molecule has 7 heteroatoms. The fourth-order valence-corrected chi connectivity index (χ4v) is 4.63. The van der Waals surface area contributed by atoms with Crippen LogP contribution in [0.5, 0.6) is 0 Å². The van der Waals surface area contributed by atoms with E-state index in [9.17, 15) is 4.79 Å². The van der Waals surface area contributed by atoms with Gasteiger partial charge in [0.1, 0.15) is 5.69 Å². The molecular formula is C26H28N6O. The van der Waals surface area contributed by atoms with Crippen LogP contribution in [-0.2, 0) is 7.05 Å². The summed E-state index contributed by atoms with van der Waals surface area (Å²) in [5.41, 5.74) is 6.80. The zero-order chi connectivity index (χ0) is 22.9. The maximum atomic E-state index is 13.3. The Morgan fingerprint density at radius 2 is 1.48 bits per heavy atom. The maximum absolute atomic E-state index is 13.3. The topological polar surface area (TPSA) is 59.2 Å². The predicted molar refractivity (Wildman–Crippen MR) is 130 cm³/mol. The molecule has 0 bridgehead atoms. The van der Waals surface area contributed by atoms with Crippen molar-refractivity contribution in [3.8, 4) is 16.9 Å². The molecule has 1 amide bonds. The van der Waals surface area contributed by atoms with Crippen molar-refractivity contribution >= 4 is 11.6 Å². The van der Waals surface area contributed by atoms with Crippen molar-refractivity contribution in [2.75, 3.05) is 31.1 Å². The molecule has 3 heterocycles.